The van der Waals surface area contributed by atoms with E-state index in [1.54, 1.807) is 25.5 Å². The number of aromatic nitrogens is 2. The minimum Gasteiger partial charge on any atom is -0.494 e. The number of methoxy groups -OCH3 is 1. The third kappa shape index (κ3) is 6.85. The number of hydrogen-bond acceptors (Lipinski definition) is 6. The molecule has 0 aliphatic heterocycles. The van der Waals surface area contributed by atoms with E-state index in [2.05, 4.69) is 26.5 Å². The van der Waals surface area contributed by atoms with Gasteiger partial charge in [-0.15, -0.1) is 6.58 Å². The lowest BCUT2D eigenvalue weighted by atomic mass is 9.96. The lowest BCUT2D eigenvalue weighted by Crippen LogP contribution is -2.21. The van der Waals surface area contributed by atoms with Crippen LogP contribution in [0, 0.1) is 6.92 Å². The number of benzene rings is 4. The molecular weight excluding hydrogens is 598 g/mol. The van der Waals surface area contributed by atoms with Gasteiger partial charge in [-0.1, -0.05) is 61.9 Å². The van der Waals surface area contributed by atoms with Gasteiger partial charge in [0.25, 0.3) is 5.56 Å². The van der Waals surface area contributed by atoms with Crippen LogP contribution in [0.25, 0.3) is 22.3 Å². The molecule has 7 nitrogen and oxygen atoms in total. The normalized spacial score (nSPS) is 11.4. The summed E-state index contributed by atoms with van der Waals surface area (Å²) in [5, 5.41) is 5.84. The Kier molecular flexibility index (Phi) is 10.2. The number of nitrogens with zero attached hydrogens (tertiary/aromatic N) is 3. The summed E-state index contributed by atoms with van der Waals surface area (Å²) in [6.45, 7) is 13.0. The van der Waals surface area contributed by atoms with Crippen LogP contribution in [0.2, 0.25) is 5.02 Å². The zero-order valence-electron chi connectivity index (χ0n) is 26.8. The maximum absolute atomic E-state index is 14.0. The third-order valence-electron chi connectivity index (χ3n) is 7.66. The monoisotopic (exact) mass is 635 g/mol. The van der Waals surface area contributed by atoms with Gasteiger partial charge < -0.3 is 14.2 Å². The molecule has 46 heavy (non-hydrogen) atoms. The van der Waals surface area contributed by atoms with Crippen molar-refractivity contribution in [1.29, 1.82) is 0 Å². The first kappa shape index (κ1) is 32.5. The first-order valence-electron chi connectivity index (χ1n) is 15.3. The first-order chi connectivity index (χ1) is 22.2. The fourth-order valence-electron chi connectivity index (χ4n) is 5.35. The van der Waals surface area contributed by atoms with Crippen LogP contribution in [0.3, 0.4) is 0 Å². The summed E-state index contributed by atoms with van der Waals surface area (Å²) in [6.07, 6.45) is 3.97. The van der Waals surface area contributed by atoms with E-state index in [4.69, 9.17) is 35.9 Å². The van der Waals surface area contributed by atoms with E-state index in [-0.39, 0.29) is 18.1 Å². The molecular formula is C38H38ClN3O4. The Morgan fingerprint density at radius 2 is 1.76 bits per heavy atom. The molecule has 0 spiro atoms. The van der Waals surface area contributed by atoms with E-state index >= 15 is 0 Å². The van der Waals surface area contributed by atoms with Gasteiger partial charge >= 0.3 is 0 Å². The highest BCUT2D eigenvalue weighted by molar-refractivity contribution is 6.31. The Labute approximate surface area is 274 Å². The Morgan fingerprint density at radius 3 is 2.48 bits per heavy atom. The summed E-state index contributed by atoms with van der Waals surface area (Å²) in [4.78, 5) is 18.9. The summed E-state index contributed by atoms with van der Waals surface area (Å²) < 4.78 is 19.3. The molecule has 0 bridgehead atoms. The number of halogens is 1. The van der Waals surface area contributed by atoms with Gasteiger partial charge in [0, 0.05) is 21.7 Å². The van der Waals surface area contributed by atoms with Crippen LogP contribution in [0.5, 0.6) is 17.2 Å². The maximum Gasteiger partial charge on any atom is 0.282 e. The van der Waals surface area contributed by atoms with Crippen molar-refractivity contribution in [2.45, 2.75) is 46.6 Å². The van der Waals surface area contributed by atoms with E-state index in [0.29, 0.717) is 46.3 Å². The highest BCUT2D eigenvalue weighted by Gasteiger charge is 2.19. The fourth-order valence-corrected chi connectivity index (χ4v) is 5.54. The lowest BCUT2D eigenvalue weighted by Gasteiger charge is -2.18. The Balaban J connectivity index is 1.63. The lowest BCUT2D eigenvalue weighted by molar-refractivity contribution is 0.282. The number of ether oxygens (including phenoxy) is 3. The molecule has 0 amide bonds. The van der Waals surface area contributed by atoms with Crippen molar-refractivity contribution in [3.63, 3.8) is 0 Å². The highest BCUT2D eigenvalue weighted by Crippen LogP contribution is 2.36. The van der Waals surface area contributed by atoms with Gasteiger partial charge in [0.15, 0.2) is 17.3 Å². The second-order valence-corrected chi connectivity index (χ2v) is 11.6. The van der Waals surface area contributed by atoms with Gasteiger partial charge in [0.1, 0.15) is 12.4 Å². The number of fused-ring (bicyclic) bond motifs is 1. The average molecular weight is 636 g/mol. The second kappa shape index (κ2) is 14.5. The van der Waals surface area contributed by atoms with E-state index < -0.39 is 0 Å². The maximum atomic E-state index is 14.0. The zero-order valence-corrected chi connectivity index (χ0v) is 27.6. The third-order valence-corrected chi connectivity index (χ3v) is 8.03. The van der Waals surface area contributed by atoms with Gasteiger partial charge in [-0.25, -0.2) is 4.98 Å². The average Bonchev–Trinajstić information content (AvgIpc) is 3.04. The van der Waals surface area contributed by atoms with Gasteiger partial charge in [-0.3, -0.25) is 4.79 Å². The van der Waals surface area contributed by atoms with Crippen LogP contribution in [-0.2, 0) is 13.0 Å². The summed E-state index contributed by atoms with van der Waals surface area (Å²) in [6, 6.07) is 22.7. The molecule has 0 aliphatic rings. The van der Waals surface area contributed by atoms with E-state index in [1.807, 2.05) is 74.5 Å². The molecule has 0 saturated heterocycles. The molecule has 5 aromatic rings. The standard InChI is InChI=1S/C38H38ClN3O4/c1-7-13-27-19-26(20-35(44-6)36(27)46-23-28-14-9-11-16-32(28)39)22-40-42-37(41-33-17-12-10-15-29(33)38(42)43)31-21-30(24(3)4)34(45-8-2)18-25(31)5/h7,9-12,14-22,24H,1,8,13,23H2,2-6H3. The fraction of sp³-hybridized carbons (Fsp3) is 0.237. The summed E-state index contributed by atoms with van der Waals surface area (Å²) in [5.74, 6) is 2.59. The number of rotatable bonds is 12. The Bertz CT molecular complexity index is 1980. The highest BCUT2D eigenvalue weighted by atomic mass is 35.5. The molecule has 4 aromatic carbocycles. The van der Waals surface area contributed by atoms with Crippen molar-refractivity contribution >= 4 is 28.7 Å². The molecule has 0 unspecified atom stereocenters. The van der Waals surface area contributed by atoms with Gasteiger partial charge in [0.05, 0.1) is 30.8 Å². The molecule has 5 rings (SSSR count). The predicted octanol–water partition coefficient (Wildman–Crippen LogP) is 8.75. The predicted molar refractivity (Wildman–Crippen MR) is 187 cm³/mol. The van der Waals surface area contributed by atoms with Crippen molar-refractivity contribution in [3.05, 3.63) is 129 Å². The topological polar surface area (TPSA) is 74.9 Å². The van der Waals surface area contributed by atoms with Crippen LogP contribution in [0.4, 0.5) is 0 Å². The van der Waals surface area contributed by atoms with Crippen molar-refractivity contribution in [1.82, 2.24) is 9.66 Å². The molecule has 8 heteroatoms. The van der Waals surface area contributed by atoms with Crippen LogP contribution in [0.15, 0.2) is 95.3 Å². The first-order valence-corrected chi connectivity index (χ1v) is 15.6. The van der Waals surface area contributed by atoms with Crippen molar-refractivity contribution < 1.29 is 14.2 Å². The summed E-state index contributed by atoms with van der Waals surface area (Å²) in [7, 11) is 1.59. The number of hydrogen-bond donors (Lipinski definition) is 0. The van der Waals surface area contributed by atoms with Crippen LogP contribution < -0.4 is 19.8 Å². The van der Waals surface area contributed by atoms with Gasteiger partial charge in [-0.05, 0) is 85.3 Å². The molecule has 0 saturated carbocycles. The molecule has 1 aromatic heterocycles. The van der Waals surface area contributed by atoms with E-state index in [9.17, 15) is 4.79 Å². The molecule has 0 radical (unpaired) electrons. The van der Waals surface area contributed by atoms with Gasteiger partial charge in [0.2, 0.25) is 0 Å². The van der Waals surface area contributed by atoms with Crippen molar-refractivity contribution in [2.24, 2.45) is 5.10 Å². The Morgan fingerprint density at radius 1 is 1.00 bits per heavy atom. The molecule has 236 valence electrons. The summed E-state index contributed by atoms with van der Waals surface area (Å²) >= 11 is 6.37. The SMILES string of the molecule is C=CCc1cc(C=Nn2c(-c3cc(C(C)C)c(OCC)cc3C)nc3ccccc3c2=O)cc(OC)c1OCc1ccccc1Cl. The van der Waals surface area contributed by atoms with Crippen LogP contribution >= 0.6 is 11.6 Å². The minimum atomic E-state index is -0.269. The minimum absolute atomic E-state index is 0.194. The number of allylic oxidation sites excluding steroid dienone is 1. The van der Waals surface area contributed by atoms with Crippen molar-refractivity contribution in [2.75, 3.05) is 13.7 Å². The van der Waals surface area contributed by atoms with Crippen LogP contribution in [-0.4, -0.2) is 29.6 Å². The van der Waals surface area contributed by atoms with Gasteiger partial charge in [-0.2, -0.15) is 9.78 Å². The van der Waals surface area contributed by atoms with Crippen molar-refractivity contribution in [3.8, 4) is 28.6 Å². The van der Waals surface area contributed by atoms with E-state index in [1.165, 1.54) is 4.68 Å². The van der Waals surface area contributed by atoms with Crippen LogP contribution in [0.1, 0.15) is 54.5 Å². The van der Waals surface area contributed by atoms with E-state index in [0.717, 1.165) is 39.1 Å². The number of aryl methyl sites for hydroxylation is 1. The smallest absolute Gasteiger partial charge is 0.282 e. The molecule has 0 fully saturated rings. The Hall–Kier alpha value is -4.88. The zero-order chi connectivity index (χ0) is 32.8. The number of para-hydroxylation sites is 1. The molecule has 1 heterocycles. The molecule has 0 N–H and O–H groups in total. The molecule has 0 aliphatic carbocycles. The quantitative estimate of drug-likeness (QED) is 0.101. The second-order valence-electron chi connectivity index (χ2n) is 11.2. The largest absolute Gasteiger partial charge is 0.494 e. The summed E-state index contributed by atoms with van der Waals surface area (Å²) in [5.41, 5.74) is 5.54. The molecule has 0 atom stereocenters.